The monoisotopic (exact) mass is 320 g/mol. The lowest BCUT2D eigenvalue weighted by Gasteiger charge is -2.09. The van der Waals surface area contributed by atoms with Crippen molar-refractivity contribution in [3.63, 3.8) is 0 Å². The summed E-state index contributed by atoms with van der Waals surface area (Å²) in [5.74, 6) is -2.54. The van der Waals surface area contributed by atoms with E-state index in [1.807, 2.05) is 0 Å². The van der Waals surface area contributed by atoms with Gasteiger partial charge in [-0.1, -0.05) is 18.2 Å². The van der Waals surface area contributed by atoms with E-state index in [9.17, 15) is 18.4 Å². The summed E-state index contributed by atoms with van der Waals surface area (Å²) in [4.78, 5) is 22.3. The van der Waals surface area contributed by atoms with Gasteiger partial charge in [-0.15, -0.1) is 0 Å². The number of aliphatic carboxylic acids is 1. The van der Waals surface area contributed by atoms with Gasteiger partial charge in [0, 0.05) is 12.0 Å². The van der Waals surface area contributed by atoms with E-state index in [0.717, 1.165) is 12.1 Å². The zero-order valence-corrected chi connectivity index (χ0v) is 12.1. The van der Waals surface area contributed by atoms with Crippen LogP contribution < -0.4 is 4.74 Å². The summed E-state index contributed by atoms with van der Waals surface area (Å²) in [5.41, 5.74) is 0.0906. The van der Waals surface area contributed by atoms with E-state index in [2.05, 4.69) is 0 Å². The van der Waals surface area contributed by atoms with Crippen molar-refractivity contribution in [1.82, 2.24) is 0 Å². The van der Waals surface area contributed by atoms with Crippen molar-refractivity contribution in [2.75, 3.05) is 0 Å². The molecule has 0 aliphatic carbocycles. The number of carboxylic acids is 1. The first-order valence-electron chi connectivity index (χ1n) is 6.88. The van der Waals surface area contributed by atoms with E-state index in [-0.39, 0.29) is 42.1 Å². The van der Waals surface area contributed by atoms with Crippen molar-refractivity contribution < 1.29 is 28.2 Å². The summed E-state index contributed by atoms with van der Waals surface area (Å²) in [6, 6.07) is 9.58. The molecule has 0 radical (unpaired) electrons. The summed E-state index contributed by atoms with van der Waals surface area (Å²) < 4.78 is 32.3. The van der Waals surface area contributed by atoms with Crippen LogP contribution in [0.4, 0.5) is 8.78 Å². The second-order valence-corrected chi connectivity index (χ2v) is 4.83. The van der Waals surface area contributed by atoms with Gasteiger partial charge in [-0.05, 0) is 24.3 Å². The fourth-order valence-corrected chi connectivity index (χ4v) is 1.95. The van der Waals surface area contributed by atoms with Crippen LogP contribution in [-0.2, 0) is 11.4 Å². The molecule has 1 N–H and O–H groups in total. The molecule has 0 heterocycles. The number of carbonyl (C=O) groups excluding carboxylic acids is 1. The molecule has 0 spiro atoms. The third kappa shape index (κ3) is 4.60. The maximum Gasteiger partial charge on any atom is 0.303 e. The van der Waals surface area contributed by atoms with Gasteiger partial charge < -0.3 is 9.84 Å². The first-order chi connectivity index (χ1) is 11.0. The lowest BCUT2D eigenvalue weighted by Crippen LogP contribution is -2.05. The highest BCUT2D eigenvalue weighted by Gasteiger charge is 2.11. The molecule has 120 valence electrons. The Balaban J connectivity index is 2.05. The largest absolute Gasteiger partial charge is 0.489 e. The molecular weight excluding hydrogens is 306 g/mol. The second kappa shape index (κ2) is 7.49. The van der Waals surface area contributed by atoms with Crippen molar-refractivity contribution >= 4 is 11.8 Å². The summed E-state index contributed by atoms with van der Waals surface area (Å²) in [6.07, 6.45) is -0.384. The number of ether oxygens (including phenoxy) is 1. The third-order valence-corrected chi connectivity index (χ3v) is 3.17. The number of carbonyl (C=O) groups is 2. The highest BCUT2D eigenvalue weighted by molar-refractivity contribution is 5.97. The summed E-state index contributed by atoms with van der Waals surface area (Å²) >= 11 is 0. The Labute approximate surface area is 131 Å². The first-order valence-corrected chi connectivity index (χ1v) is 6.88. The quantitative estimate of drug-likeness (QED) is 0.792. The molecule has 2 rings (SSSR count). The zero-order valence-electron chi connectivity index (χ0n) is 12.1. The smallest absolute Gasteiger partial charge is 0.303 e. The summed E-state index contributed by atoms with van der Waals surface area (Å²) in [6.45, 7) is -0.314. The molecule has 0 saturated carbocycles. The molecule has 0 aliphatic heterocycles. The Morgan fingerprint density at radius 2 is 1.65 bits per heavy atom. The molecule has 0 aromatic heterocycles. The molecule has 0 unspecified atom stereocenters. The van der Waals surface area contributed by atoms with Gasteiger partial charge in [0.2, 0.25) is 0 Å². The molecular formula is C17H14F2O4. The van der Waals surface area contributed by atoms with Crippen LogP contribution in [0.25, 0.3) is 0 Å². The Hall–Kier alpha value is -2.76. The van der Waals surface area contributed by atoms with Gasteiger partial charge in [0.1, 0.15) is 24.0 Å². The molecule has 2 aromatic rings. The fourth-order valence-electron chi connectivity index (χ4n) is 1.95. The maximum atomic E-state index is 13.5. The highest BCUT2D eigenvalue weighted by Crippen LogP contribution is 2.19. The molecule has 0 amide bonds. The Morgan fingerprint density at radius 3 is 2.30 bits per heavy atom. The van der Waals surface area contributed by atoms with Crippen LogP contribution in [0.2, 0.25) is 0 Å². The van der Waals surface area contributed by atoms with Gasteiger partial charge in [0.25, 0.3) is 0 Å². The average molecular weight is 320 g/mol. The minimum Gasteiger partial charge on any atom is -0.489 e. The van der Waals surface area contributed by atoms with Gasteiger partial charge >= 0.3 is 5.97 Å². The van der Waals surface area contributed by atoms with Gasteiger partial charge in [-0.25, -0.2) is 8.78 Å². The summed E-state index contributed by atoms with van der Waals surface area (Å²) in [5, 5.41) is 8.58. The Bertz CT molecular complexity index is 708. The van der Waals surface area contributed by atoms with Crippen molar-refractivity contribution in [2.45, 2.75) is 19.4 Å². The van der Waals surface area contributed by atoms with Crippen LogP contribution in [-0.4, -0.2) is 16.9 Å². The molecule has 4 nitrogen and oxygen atoms in total. The molecule has 0 saturated heterocycles. The maximum absolute atomic E-state index is 13.5. The van der Waals surface area contributed by atoms with Gasteiger partial charge in [0.05, 0.1) is 12.0 Å². The predicted molar refractivity (Wildman–Crippen MR) is 78.3 cm³/mol. The number of rotatable bonds is 7. The molecule has 0 fully saturated rings. The zero-order chi connectivity index (χ0) is 16.8. The van der Waals surface area contributed by atoms with E-state index < -0.39 is 17.6 Å². The minimum atomic E-state index is -1.05. The average Bonchev–Trinajstić information content (AvgIpc) is 2.52. The lowest BCUT2D eigenvalue weighted by atomic mass is 10.1. The standard InChI is InChI=1S/C17H14F2O4/c18-14-5-2-6-15(19)13(14)10-23-12-4-1-3-11(9-12)16(20)7-8-17(21)22/h1-6,9H,7-8,10H2,(H,21,22). The van der Waals surface area contributed by atoms with Crippen LogP contribution in [0, 0.1) is 11.6 Å². The van der Waals surface area contributed by atoms with Crippen LogP contribution in [0.3, 0.4) is 0 Å². The molecule has 0 atom stereocenters. The lowest BCUT2D eigenvalue weighted by molar-refractivity contribution is -0.136. The van der Waals surface area contributed by atoms with Crippen molar-refractivity contribution in [3.05, 3.63) is 65.2 Å². The molecule has 0 bridgehead atoms. The van der Waals surface area contributed by atoms with E-state index in [1.165, 1.54) is 18.2 Å². The van der Waals surface area contributed by atoms with E-state index in [4.69, 9.17) is 9.84 Å². The van der Waals surface area contributed by atoms with Crippen LogP contribution in [0.15, 0.2) is 42.5 Å². The number of halogens is 2. The summed E-state index contributed by atoms with van der Waals surface area (Å²) in [7, 11) is 0. The third-order valence-electron chi connectivity index (χ3n) is 3.17. The number of benzene rings is 2. The van der Waals surface area contributed by atoms with Gasteiger partial charge in [0.15, 0.2) is 5.78 Å². The molecule has 23 heavy (non-hydrogen) atoms. The Kier molecular flexibility index (Phi) is 5.41. The van der Waals surface area contributed by atoms with Crippen LogP contribution >= 0.6 is 0 Å². The molecule has 0 aliphatic rings. The topological polar surface area (TPSA) is 63.6 Å². The van der Waals surface area contributed by atoms with Gasteiger partial charge in [-0.2, -0.15) is 0 Å². The van der Waals surface area contributed by atoms with Crippen molar-refractivity contribution in [1.29, 1.82) is 0 Å². The Morgan fingerprint density at radius 1 is 1.00 bits per heavy atom. The van der Waals surface area contributed by atoms with Crippen LogP contribution in [0.5, 0.6) is 5.75 Å². The van der Waals surface area contributed by atoms with E-state index in [0.29, 0.717) is 0 Å². The highest BCUT2D eigenvalue weighted by atomic mass is 19.1. The fraction of sp³-hybridized carbons (Fsp3) is 0.176. The number of carboxylic acid groups (broad SMARTS) is 1. The normalized spacial score (nSPS) is 10.3. The first kappa shape index (κ1) is 16.6. The van der Waals surface area contributed by atoms with E-state index >= 15 is 0 Å². The van der Waals surface area contributed by atoms with Crippen molar-refractivity contribution in [3.8, 4) is 5.75 Å². The SMILES string of the molecule is O=C(O)CCC(=O)c1cccc(OCc2c(F)cccc2F)c1. The number of hydrogen-bond donors (Lipinski definition) is 1. The number of hydrogen-bond acceptors (Lipinski definition) is 3. The van der Waals surface area contributed by atoms with E-state index in [1.54, 1.807) is 12.1 Å². The van der Waals surface area contributed by atoms with Gasteiger partial charge in [-0.3, -0.25) is 9.59 Å². The molecule has 2 aromatic carbocycles. The minimum absolute atomic E-state index is 0.124. The van der Waals surface area contributed by atoms with Crippen LogP contribution in [0.1, 0.15) is 28.8 Å². The number of ketones is 1. The number of Topliss-reactive ketones (excluding diaryl/α,β-unsaturated/α-hetero) is 1. The molecule has 6 heteroatoms. The second-order valence-electron chi connectivity index (χ2n) is 4.83. The van der Waals surface area contributed by atoms with Crippen molar-refractivity contribution in [2.24, 2.45) is 0 Å². The predicted octanol–water partition coefficient (Wildman–Crippen LogP) is 3.59.